The molecular formula is C13H24N2O. The molecule has 3 nitrogen and oxygen atoms in total. The number of furan rings is 1. The van der Waals surface area contributed by atoms with E-state index in [1.54, 1.807) is 6.26 Å². The lowest BCUT2D eigenvalue weighted by Crippen LogP contribution is -2.34. The molecular weight excluding hydrogens is 200 g/mol. The summed E-state index contributed by atoms with van der Waals surface area (Å²) >= 11 is 0. The highest BCUT2D eigenvalue weighted by Crippen LogP contribution is 2.03. The zero-order valence-corrected chi connectivity index (χ0v) is 10.6. The molecule has 92 valence electrons. The van der Waals surface area contributed by atoms with Crippen molar-refractivity contribution in [1.82, 2.24) is 10.6 Å². The van der Waals surface area contributed by atoms with Crippen molar-refractivity contribution in [3.8, 4) is 0 Å². The van der Waals surface area contributed by atoms with Crippen LogP contribution in [-0.2, 0) is 6.42 Å². The molecule has 0 aliphatic carbocycles. The highest BCUT2D eigenvalue weighted by molar-refractivity contribution is 4.99. The summed E-state index contributed by atoms with van der Waals surface area (Å²) in [4.78, 5) is 0. The zero-order valence-electron chi connectivity index (χ0n) is 10.6. The normalized spacial score (nSPS) is 14.9. The van der Waals surface area contributed by atoms with E-state index in [9.17, 15) is 0 Å². The fraction of sp³-hybridized carbons (Fsp3) is 0.692. The molecule has 1 heterocycles. The van der Waals surface area contributed by atoms with Gasteiger partial charge in [-0.2, -0.15) is 0 Å². The Labute approximate surface area is 98.6 Å². The van der Waals surface area contributed by atoms with E-state index < -0.39 is 0 Å². The molecule has 0 saturated carbocycles. The lowest BCUT2D eigenvalue weighted by molar-refractivity contribution is 0.437. The number of hydrogen-bond donors (Lipinski definition) is 2. The third kappa shape index (κ3) is 5.33. The average Bonchev–Trinajstić information content (AvgIpc) is 2.70. The second kappa shape index (κ2) is 7.47. The standard InChI is InChI=1S/C13H24N2O/c1-4-14-11(2)7-8-15-12(3)10-13-6-5-9-16-13/h5-6,9,11-12,14-15H,4,7-8,10H2,1-3H3. The topological polar surface area (TPSA) is 37.2 Å². The fourth-order valence-corrected chi connectivity index (χ4v) is 1.80. The van der Waals surface area contributed by atoms with Gasteiger partial charge in [-0.25, -0.2) is 0 Å². The van der Waals surface area contributed by atoms with Crippen molar-refractivity contribution in [2.24, 2.45) is 0 Å². The molecule has 0 spiro atoms. The van der Waals surface area contributed by atoms with Crippen LogP contribution in [0.5, 0.6) is 0 Å². The Balaban J connectivity index is 2.08. The molecule has 3 heteroatoms. The number of hydrogen-bond acceptors (Lipinski definition) is 3. The maximum absolute atomic E-state index is 5.32. The van der Waals surface area contributed by atoms with Gasteiger partial charge in [0.1, 0.15) is 5.76 Å². The molecule has 0 aliphatic heterocycles. The minimum absolute atomic E-state index is 0.472. The van der Waals surface area contributed by atoms with Crippen LogP contribution in [0.3, 0.4) is 0 Å². The largest absolute Gasteiger partial charge is 0.469 e. The molecule has 0 aromatic carbocycles. The Morgan fingerprint density at radius 3 is 2.69 bits per heavy atom. The Bertz CT molecular complexity index is 259. The van der Waals surface area contributed by atoms with Crippen molar-refractivity contribution >= 4 is 0 Å². The molecule has 0 saturated heterocycles. The molecule has 2 atom stereocenters. The minimum atomic E-state index is 0.472. The molecule has 2 unspecified atom stereocenters. The van der Waals surface area contributed by atoms with Crippen LogP contribution >= 0.6 is 0 Å². The first-order chi connectivity index (χ1) is 7.72. The van der Waals surface area contributed by atoms with Crippen molar-refractivity contribution in [2.75, 3.05) is 13.1 Å². The third-order valence-corrected chi connectivity index (χ3v) is 2.71. The Hall–Kier alpha value is -0.800. The van der Waals surface area contributed by atoms with E-state index in [1.165, 1.54) is 0 Å². The lowest BCUT2D eigenvalue weighted by Gasteiger charge is -2.16. The number of nitrogens with one attached hydrogen (secondary N) is 2. The Kier molecular flexibility index (Phi) is 6.19. The van der Waals surface area contributed by atoms with Crippen molar-refractivity contribution < 1.29 is 4.42 Å². The van der Waals surface area contributed by atoms with Gasteiger partial charge in [-0.3, -0.25) is 0 Å². The highest BCUT2D eigenvalue weighted by Gasteiger charge is 2.05. The first-order valence-electron chi connectivity index (χ1n) is 6.21. The summed E-state index contributed by atoms with van der Waals surface area (Å²) in [6.07, 6.45) is 3.86. The minimum Gasteiger partial charge on any atom is -0.469 e. The van der Waals surface area contributed by atoms with Gasteiger partial charge in [0, 0.05) is 18.5 Å². The smallest absolute Gasteiger partial charge is 0.105 e. The summed E-state index contributed by atoms with van der Waals surface area (Å²) in [5.41, 5.74) is 0. The highest BCUT2D eigenvalue weighted by atomic mass is 16.3. The van der Waals surface area contributed by atoms with Crippen LogP contribution in [0.4, 0.5) is 0 Å². The van der Waals surface area contributed by atoms with Gasteiger partial charge >= 0.3 is 0 Å². The molecule has 0 aliphatic rings. The second-order valence-electron chi connectivity index (χ2n) is 4.39. The molecule has 1 aromatic heterocycles. The Morgan fingerprint density at radius 1 is 1.25 bits per heavy atom. The maximum Gasteiger partial charge on any atom is 0.105 e. The van der Waals surface area contributed by atoms with Gasteiger partial charge in [0.25, 0.3) is 0 Å². The van der Waals surface area contributed by atoms with Gasteiger partial charge < -0.3 is 15.1 Å². The molecule has 16 heavy (non-hydrogen) atoms. The van der Waals surface area contributed by atoms with E-state index in [-0.39, 0.29) is 0 Å². The van der Waals surface area contributed by atoms with Crippen LogP contribution in [-0.4, -0.2) is 25.2 Å². The Morgan fingerprint density at radius 2 is 2.06 bits per heavy atom. The van der Waals surface area contributed by atoms with Crippen LogP contribution in [0.1, 0.15) is 33.0 Å². The summed E-state index contributed by atoms with van der Waals surface area (Å²) in [7, 11) is 0. The first-order valence-corrected chi connectivity index (χ1v) is 6.21. The summed E-state index contributed by atoms with van der Waals surface area (Å²) in [6, 6.07) is 5.03. The number of rotatable bonds is 8. The van der Waals surface area contributed by atoms with E-state index in [4.69, 9.17) is 4.42 Å². The summed E-state index contributed by atoms with van der Waals surface area (Å²) < 4.78 is 5.32. The fourth-order valence-electron chi connectivity index (χ4n) is 1.80. The van der Waals surface area contributed by atoms with Crippen LogP contribution in [0.2, 0.25) is 0 Å². The quantitative estimate of drug-likeness (QED) is 0.711. The van der Waals surface area contributed by atoms with Gasteiger partial charge in [-0.15, -0.1) is 0 Å². The van der Waals surface area contributed by atoms with Gasteiger partial charge in [0.2, 0.25) is 0 Å². The van der Waals surface area contributed by atoms with Crippen LogP contribution in [0.15, 0.2) is 22.8 Å². The monoisotopic (exact) mass is 224 g/mol. The van der Waals surface area contributed by atoms with Gasteiger partial charge in [-0.05, 0) is 45.5 Å². The zero-order chi connectivity index (χ0) is 11.8. The second-order valence-corrected chi connectivity index (χ2v) is 4.39. The van der Waals surface area contributed by atoms with E-state index >= 15 is 0 Å². The van der Waals surface area contributed by atoms with Gasteiger partial charge in [0.05, 0.1) is 6.26 Å². The summed E-state index contributed by atoms with van der Waals surface area (Å²) in [5, 5.41) is 6.92. The van der Waals surface area contributed by atoms with E-state index in [1.807, 2.05) is 12.1 Å². The van der Waals surface area contributed by atoms with Crippen LogP contribution in [0, 0.1) is 0 Å². The average molecular weight is 224 g/mol. The SMILES string of the molecule is CCNC(C)CCNC(C)Cc1ccco1. The van der Waals surface area contributed by atoms with E-state index in [2.05, 4.69) is 31.4 Å². The van der Waals surface area contributed by atoms with Crippen molar-refractivity contribution in [3.63, 3.8) is 0 Å². The van der Waals surface area contributed by atoms with E-state index in [0.29, 0.717) is 12.1 Å². The van der Waals surface area contributed by atoms with Gasteiger partial charge in [0.15, 0.2) is 0 Å². The van der Waals surface area contributed by atoms with Crippen molar-refractivity contribution in [2.45, 2.75) is 45.7 Å². The first kappa shape index (κ1) is 13.3. The summed E-state index contributed by atoms with van der Waals surface area (Å²) in [5.74, 6) is 1.06. The maximum atomic E-state index is 5.32. The molecule has 2 N–H and O–H groups in total. The predicted octanol–water partition coefficient (Wildman–Crippen LogP) is 2.19. The molecule has 1 rings (SSSR count). The van der Waals surface area contributed by atoms with Gasteiger partial charge in [-0.1, -0.05) is 6.92 Å². The van der Waals surface area contributed by atoms with Crippen LogP contribution < -0.4 is 10.6 Å². The molecule has 0 bridgehead atoms. The van der Waals surface area contributed by atoms with E-state index in [0.717, 1.165) is 31.7 Å². The molecule has 0 radical (unpaired) electrons. The third-order valence-electron chi connectivity index (χ3n) is 2.71. The molecule has 0 amide bonds. The van der Waals surface area contributed by atoms with Crippen molar-refractivity contribution in [1.29, 1.82) is 0 Å². The molecule has 0 fully saturated rings. The summed E-state index contributed by atoms with van der Waals surface area (Å²) in [6.45, 7) is 8.66. The van der Waals surface area contributed by atoms with Crippen molar-refractivity contribution in [3.05, 3.63) is 24.2 Å². The molecule has 1 aromatic rings. The van der Waals surface area contributed by atoms with Crippen LogP contribution in [0.25, 0.3) is 0 Å². The lowest BCUT2D eigenvalue weighted by atomic mass is 10.2. The predicted molar refractivity (Wildman–Crippen MR) is 67.6 cm³/mol.